The molecule has 2 N–H and O–H groups in total. The van der Waals surface area contributed by atoms with Crippen molar-refractivity contribution >= 4 is 11.6 Å². The number of aromatic hydroxyl groups is 2. The average molecular weight is 276 g/mol. The van der Waals surface area contributed by atoms with Gasteiger partial charge in [-0.25, -0.2) is 9.97 Å². The van der Waals surface area contributed by atoms with E-state index in [1.807, 2.05) is 38.0 Å². The molecule has 0 aliphatic heterocycles. The summed E-state index contributed by atoms with van der Waals surface area (Å²) in [5.41, 5.74) is 0. The largest absolute Gasteiger partial charge is 0.506 e. The second kappa shape index (κ2) is 7.18. The molecule has 2 aromatic rings. The monoisotopic (exact) mass is 276 g/mol. The Balaban J connectivity index is 0.000000200. The fraction of sp³-hybridized carbons (Fsp3) is 0.286. The van der Waals surface area contributed by atoms with Crippen molar-refractivity contribution < 1.29 is 10.2 Å². The summed E-state index contributed by atoms with van der Waals surface area (Å²) >= 11 is 0. The third-order valence-electron chi connectivity index (χ3n) is 2.38. The number of nitrogens with zero attached hydrogens (tertiary/aromatic N) is 4. The zero-order valence-corrected chi connectivity index (χ0v) is 12.1. The number of pyridine rings is 2. The van der Waals surface area contributed by atoms with Gasteiger partial charge in [-0.3, -0.25) is 0 Å². The van der Waals surface area contributed by atoms with E-state index in [4.69, 9.17) is 10.2 Å². The van der Waals surface area contributed by atoms with Gasteiger partial charge in [-0.05, 0) is 24.3 Å². The van der Waals surface area contributed by atoms with E-state index in [1.54, 1.807) is 24.3 Å². The van der Waals surface area contributed by atoms with E-state index in [1.165, 1.54) is 12.4 Å². The molecule has 0 aromatic carbocycles. The van der Waals surface area contributed by atoms with Crippen molar-refractivity contribution in [1.82, 2.24) is 9.97 Å². The maximum absolute atomic E-state index is 8.86. The number of rotatable bonds is 2. The molecule has 0 radical (unpaired) electrons. The smallest absolute Gasteiger partial charge is 0.134 e. The first-order valence-electron chi connectivity index (χ1n) is 6.05. The van der Waals surface area contributed by atoms with Gasteiger partial charge in [-0.2, -0.15) is 0 Å². The Morgan fingerprint density at radius 1 is 0.700 bits per heavy atom. The first-order chi connectivity index (χ1) is 9.40. The molecule has 0 amide bonds. The van der Waals surface area contributed by atoms with Crippen LogP contribution in [0.15, 0.2) is 36.7 Å². The predicted molar refractivity (Wildman–Crippen MR) is 80.5 cm³/mol. The average Bonchev–Trinajstić information content (AvgIpc) is 2.40. The van der Waals surface area contributed by atoms with Crippen molar-refractivity contribution in [3.63, 3.8) is 0 Å². The van der Waals surface area contributed by atoms with Crippen molar-refractivity contribution in [2.24, 2.45) is 0 Å². The lowest BCUT2D eigenvalue weighted by molar-refractivity contribution is 0.472. The normalized spacial score (nSPS) is 9.40. The van der Waals surface area contributed by atoms with Crippen LogP contribution in [0.1, 0.15) is 0 Å². The highest BCUT2D eigenvalue weighted by molar-refractivity contribution is 5.39. The Labute approximate surface area is 119 Å². The Kier molecular flexibility index (Phi) is 5.58. The Bertz CT molecular complexity index is 460. The summed E-state index contributed by atoms with van der Waals surface area (Å²) in [5, 5.41) is 17.7. The van der Waals surface area contributed by atoms with Crippen molar-refractivity contribution in [2.75, 3.05) is 38.0 Å². The van der Waals surface area contributed by atoms with E-state index in [0.29, 0.717) is 0 Å². The number of hydrogen-bond donors (Lipinski definition) is 2. The predicted octanol–water partition coefficient (Wildman–Crippen LogP) is 1.71. The second-order valence-electron chi connectivity index (χ2n) is 4.54. The molecule has 0 aliphatic rings. The molecule has 108 valence electrons. The molecule has 6 heteroatoms. The first-order valence-corrected chi connectivity index (χ1v) is 6.05. The SMILES string of the molecule is CN(C)c1ccc(O)cn1.CN(C)c1ccc(O)cn1. The number of anilines is 2. The number of aromatic nitrogens is 2. The summed E-state index contributed by atoms with van der Waals surface area (Å²) in [6.45, 7) is 0. The summed E-state index contributed by atoms with van der Waals surface area (Å²) in [6.07, 6.45) is 2.85. The van der Waals surface area contributed by atoms with Crippen molar-refractivity contribution in [3.8, 4) is 11.5 Å². The van der Waals surface area contributed by atoms with Gasteiger partial charge in [0, 0.05) is 28.2 Å². The van der Waals surface area contributed by atoms with E-state index < -0.39 is 0 Å². The van der Waals surface area contributed by atoms with Crippen LogP contribution in [0.5, 0.6) is 11.5 Å². The van der Waals surface area contributed by atoms with Gasteiger partial charge in [0.1, 0.15) is 23.1 Å². The summed E-state index contributed by atoms with van der Waals surface area (Å²) in [7, 11) is 7.61. The fourth-order valence-corrected chi connectivity index (χ4v) is 1.29. The minimum absolute atomic E-state index is 0.200. The quantitative estimate of drug-likeness (QED) is 0.870. The standard InChI is InChI=1S/2C7H10N2O/c2*1-9(2)7-4-3-6(10)5-8-7/h2*3-5,10H,1-2H3. The maximum atomic E-state index is 8.86. The molecular formula is C14H20N4O2. The molecule has 0 atom stereocenters. The van der Waals surface area contributed by atoms with Crippen LogP contribution in [0.25, 0.3) is 0 Å². The Hall–Kier alpha value is -2.50. The third-order valence-corrected chi connectivity index (χ3v) is 2.38. The van der Waals surface area contributed by atoms with Gasteiger partial charge in [0.2, 0.25) is 0 Å². The highest BCUT2D eigenvalue weighted by Gasteiger charge is 1.94. The van der Waals surface area contributed by atoms with Gasteiger partial charge in [-0.15, -0.1) is 0 Å². The minimum Gasteiger partial charge on any atom is -0.506 e. The molecule has 0 unspecified atom stereocenters. The molecule has 6 nitrogen and oxygen atoms in total. The van der Waals surface area contributed by atoms with Gasteiger partial charge < -0.3 is 20.0 Å². The maximum Gasteiger partial charge on any atom is 0.134 e. The zero-order chi connectivity index (χ0) is 15.1. The Morgan fingerprint density at radius 2 is 1.05 bits per heavy atom. The van der Waals surface area contributed by atoms with Crippen molar-refractivity contribution in [1.29, 1.82) is 0 Å². The topological polar surface area (TPSA) is 72.7 Å². The molecule has 0 saturated heterocycles. The number of hydrogen-bond acceptors (Lipinski definition) is 6. The van der Waals surface area contributed by atoms with Crippen LogP contribution < -0.4 is 9.80 Å². The zero-order valence-electron chi connectivity index (χ0n) is 12.1. The molecule has 0 aliphatic carbocycles. The molecule has 20 heavy (non-hydrogen) atoms. The lowest BCUT2D eigenvalue weighted by Crippen LogP contribution is -2.09. The van der Waals surface area contributed by atoms with Crippen molar-refractivity contribution in [2.45, 2.75) is 0 Å². The van der Waals surface area contributed by atoms with Crippen LogP contribution in [0.4, 0.5) is 11.6 Å². The summed E-state index contributed by atoms with van der Waals surface area (Å²) in [5.74, 6) is 2.09. The molecule has 0 bridgehead atoms. The minimum atomic E-state index is 0.200. The van der Waals surface area contributed by atoms with Crippen molar-refractivity contribution in [3.05, 3.63) is 36.7 Å². The lowest BCUT2D eigenvalue weighted by Gasteiger charge is -2.09. The molecule has 0 spiro atoms. The molecule has 2 heterocycles. The van der Waals surface area contributed by atoms with Crippen LogP contribution in [0.2, 0.25) is 0 Å². The van der Waals surface area contributed by atoms with Gasteiger partial charge >= 0.3 is 0 Å². The van der Waals surface area contributed by atoms with Crippen LogP contribution in [-0.2, 0) is 0 Å². The van der Waals surface area contributed by atoms with E-state index in [0.717, 1.165) is 11.6 Å². The van der Waals surface area contributed by atoms with Gasteiger partial charge in [0.25, 0.3) is 0 Å². The summed E-state index contributed by atoms with van der Waals surface area (Å²) in [6, 6.07) is 6.75. The van der Waals surface area contributed by atoms with Gasteiger partial charge in [0.15, 0.2) is 0 Å². The third kappa shape index (κ3) is 5.01. The summed E-state index contributed by atoms with van der Waals surface area (Å²) in [4.78, 5) is 11.7. The molecule has 0 saturated carbocycles. The van der Waals surface area contributed by atoms with Crippen LogP contribution >= 0.6 is 0 Å². The second-order valence-corrected chi connectivity index (χ2v) is 4.54. The first kappa shape index (κ1) is 15.6. The summed E-state index contributed by atoms with van der Waals surface area (Å²) < 4.78 is 0. The highest BCUT2D eigenvalue weighted by atomic mass is 16.3. The Morgan fingerprint density at radius 3 is 1.25 bits per heavy atom. The lowest BCUT2D eigenvalue weighted by atomic mass is 10.4. The molecular weight excluding hydrogens is 256 g/mol. The van der Waals surface area contributed by atoms with Crippen LogP contribution in [-0.4, -0.2) is 48.4 Å². The van der Waals surface area contributed by atoms with E-state index in [2.05, 4.69) is 9.97 Å². The van der Waals surface area contributed by atoms with Gasteiger partial charge in [0.05, 0.1) is 12.4 Å². The highest BCUT2D eigenvalue weighted by Crippen LogP contribution is 2.11. The van der Waals surface area contributed by atoms with Crippen LogP contribution in [0, 0.1) is 0 Å². The fourth-order valence-electron chi connectivity index (χ4n) is 1.29. The van der Waals surface area contributed by atoms with E-state index in [9.17, 15) is 0 Å². The molecule has 2 rings (SSSR count). The van der Waals surface area contributed by atoms with Gasteiger partial charge in [-0.1, -0.05) is 0 Å². The van der Waals surface area contributed by atoms with E-state index >= 15 is 0 Å². The van der Waals surface area contributed by atoms with Crippen LogP contribution in [0.3, 0.4) is 0 Å². The molecule has 2 aromatic heterocycles. The molecule has 0 fully saturated rings. The van der Waals surface area contributed by atoms with E-state index in [-0.39, 0.29) is 11.5 Å².